The summed E-state index contributed by atoms with van der Waals surface area (Å²) in [7, 11) is 0. The molecule has 100 valence electrons. The van der Waals surface area contributed by atoms with Crippen molar-refractivity contribution in [3.8, 4) is 11.6 Å². The van der Waals surface area contributed by atoms with Gasteiger partial charge >= 0.3 is 0 Å². The zero-order valence-electron chi connectivity index (χ0n) is 11.1. The van der Waals surface area contributed by atoms with E-state index in [-0.39, 0.29) is 0 Å². The molecule has 2 rings (SSSR count). The van der Waals surface area contributed by atoms with Gasteiger partial charge in [0.05, 0.1) is 25.0 Å². The van der Waals surface area contributed by atoms with Gasteiger partial charge in [0.25, 0.3) is 0 Å². The Hall–Kier alpha value is -1.29. The minimum absolute atomic E-state index is 0.498. The Morgan fingerprint density at radius 2 is 2.06 bits per heavy atom. The molecule has 1 aromatic heterocycles. The Kier molecular flexibility index (Phi) is 4.42. The number of ether oxygens (including phenoxy) is 2. The molecule has 1 atom stereocenters. The lowest BCUT2D eigenvalue weighted by Gasteiger charge is -2.16. The number of hydrogen-bond donors (Lipinski definition) is 1. The van der Waals surface area contributed by atoms with Crippen LogP contribution in [0.4, 0.5) is 0 Å². The first-order valence-electron chi connectivity index (χ1n) is 6.73. The normalized spacial score (nSPS) is 18.9. The molecule has 0 amide bonds. The average molecular weight is 251 g/mol. The van der Waals surface area contributed by atoms with Gasteiger partial charge in [-0.25, -0.2) is 4.98 Å². The Bertz CT molecular complexity index is 406. The van der Waals surface area contributed by atoms with Crippen molar-refractivity contribution in [2.75, 3.05) is 13.2 Å². The monoisotopic (exact) mass is 251 g/mol. The van der Waals surface area contributed by atoms with Gasteiger partial charge in [-0.2, -0.15) is 0 Å². The van der Waals surface area contributed by atoms with Gasteiger partial charge in [0.2, 0.25) is 5.88 Å². The van der Waals surface area contributed by atoms with Crippen LogP contribution in [0.5, 0.6) is 11.6 Å². The molecular formula is C14H21NO3. The van der Waals surface area contributed by atoms with Crippen LogP contribution in [-0.2, 0) is 6.42 Å². The van der Waals surface area contributed by atoms with E-state index in [1.54, 1.807) is 0 Å². The Morgan fingerprint density at radius 3 is 2.78 bits per heavy atom. The molecule has 1 aromatic rings. The SMILES string of the molecule is CCOc1cc(OCC)c2c(n1)C(O)CCCC2. The zero-order chi connectivity index (χ0) is 13.0. The number of aliphatic hydroxyl groups excluding tert-OH is 1. The van der Waals surface area contributed by atoms with Gasteiger partial charge in [-0.1, -0.05) is 6.42 Å². The third kappa shape index (κ3) is 2.75. The van der Waals surface area contributed by atoms with E-state index < -0.39 is 6.10 Å². The van der Waals surface area contributed by atoms with Gasteiger partial charge in [-0.3, -0.25) is 0 Å². The fourth-order valence-corrected chi connectivity index (χ4v) is 2.35. The lowest BCUT2D eigenvalue weighted by molar-refractivity contribution is 0.160. The first-order chi connectivity index (χ1) is 8.76. The molecule has 1 unspecified atom stereocenters. The van der Waals surface area contributed by atoms with E-state index in [4.69, 9.17) is 9.47 Å². The molecule has 18 heavy (non-hydrogen) atoms. The number of fused-ring (bicyclic) bond motifs is 1. The lowest BCUT2D eigenvalue weighted by atomic mass is 10.1. The van der Waals surface area contributed by atoms with Crippen molar-refractivity contribution >= 4 is 0 Å². The summed E-state index contributed by atoms with van der Waals surface area (Å²) in [5.74, 6) is 1.35. The smallest absolute Gasteiger partial charge is 0.217 e. The standard InChI is InChI=1S/C14H21NO3/c1-3-17-12-9-13(18-4-2)15-14-10(12)7-5-6-8-11(14)16/h9,11,16H,3-8H2,1-2H3. The number of nitrogens with zero attached hydrogens (tertiary/aromatic N) is 1. The summed E-state index contributed by atoms with van der Waals surface area (Å²) >= 11 is 0. The molecule has 0 bridgehead atoms. The van der Waals surface area contributed by atoms with Crippen molar-refractivity contribution in [2.45, 2.75) is 45.6 Å². The average Bonchev–Trinajstić information content (AvgIpc) is 2.53. The summed E-state index contributed by atoms with van der Waals surface area (Å²) in [6.45, 7) is 5.05. The van der Waals surface area contributed by atoms with Crippen LogP contribution in [0.3, 0.4) is 0 Å². The summed E-state index contributed by atoms with van der Waals surface area (Å²) in [4.78, 5) is 4.43. The molecule has 1 aliphatic rings. The van der Waals surface area contributed by atoms with E-state index in [2.05, 4.69) is 4.98 Å². The molecule has 0 saturated carbocycles. The molecule has 0 radical (unpaired) electrons. The molecule has 4 heteroatoms. The van der Waals surface area contributed by atoms with Crippen molar-refractivity contribution in [3.63, 3.8) is 0 Å². The minimum atomic E-state index is -0.498. The fourth-order valence-electron chi connectivity index (χ4n) is 2.35. The second-order valence-electron chi connectivity index (χ2n) is 4.45. The predicted molar refractivity (Wildman–Crippen MR) is 69.1 cm³/mol. The summed E-state index contributed by atoms with van der Waals surface area (Å²) < 4.78 is 11.1. The Morgan fingerprint density at radius 1 is 1.28 bits per heavy atom. The highest BCUT2D eigenvalue weighted by atomic mass is 16.5. The van der Waals surface area contributed by atoms with Crippen LogP contribution in [0.2, 0.25) is 0 Å². The summed E-state index contributed by atoms with van der Waals surface area (Å²) in [6.07, 6.45) is 3.27. The maximum atomic E-state index is 10.2. The van der Waals surface area contributed by atoms with Gasteiger partial charge < -0.3 is 14.6 Å². The van der Waals surface area contributed by atoms with Crippen molar-refractivity contribution in [3.05, 3.63) is 17.3 Å². The first-order valence-corrected chi connectivity index (χ1v) is 6.73. The lowest BCUT2D eigenvalue weighted by Crippen LogP contribution is -2.08. The predicted octanol–water partition coefficient (Wildman–Crippen LogP) is 2.64. The van der Waals surface area contributed by atoms with Crippen LogP contribution < -0.4 is 9.47 Å². The third-order valence-corrected chi connectivity index (χ3v) is 3.15. The zero-order valence-corrected chi connectivity index (χ0v) is 11.1. The van der Waals surface area contributed by atoms with Crippen LogP contribution in [0.15, 0.2) is 6.07 Å². The van der Waals surface area contributed by atoms with Crippen molar-refractivity contribution in [1.29, 1.82) is 0 Å². The molecule has 0 aromatic carbocycles. The van der Waals surface area contributed by atoms with Crippen LogP contribution in [0, 0.1) is 0 Å². The quantitative estimate of drug-likeness (QED) is 0.836. The first kappa shape index (κ1) is 13.1. The summed E-state index contributed by atoms with van der Waals surface area (Å²) in [6, 6.07) is 1.84. The Labute approximate surface area is 108 Å². The van der Waals surface area contributed by atoms with Crippen LogP contribution in [-0.4, -0.2) is 23.3 Å². The minimum Gasteiger partial charge on any atom is -0.493 e. The van der Waals surface area contributed by atoms with Crippen LogP contribution in [0.1, 0.15) is 50.5 Å². The number of hydrogen-bond acceptors (Lipinski definition) is 4. The number of aromatic nitrogens is 1. The number of pyridine rings is 1. The maximum absolute atomic E-state index is 10.2. The highest BCUT2D eigenvalue weighted by molar-refractivity contribution is 5.42. The van der Waals surface area contributed by atoms with Crippen LogP contribution >= 0.6 is 0 Å². The molecular weight excluding hydrogens is 230 g/mol. The van der Waals surface area contributed by atoms with E-state index in [0.29, 0.717) is 19.1 Å². The van der Waals surface area contributed by atoms with E-state index >= 15 is 0 Å². The topological polar surface area (TPSA) is 51.6 Å². The molecule has 1 aliphatic carbocycles. The van der Waals surface area contributed by atoms with Gasteiger partial charge in [0, 0.05) is 11.6 Å². The van der Waals surface area contributed by atoms with Crippen LogP contribution in [0.25, 0.3) is 0 Å². The van der Waals surface area contributed by atoms with Gasteiger partial charge in [0.1, 0.15) is 5.75 Å². The van der Waals surface area contributed by atoms with E-state index in [0.717, 1.165) is 42.7 Å². The van der Waals surface area contributed by atoms with Crippen molar-refractivity contribution < 1.29 is 14.6 Å². The fraction of sp³-hybridized carbons (Fsp3) is 0.643. The van der Waals surface area contributed by atoms with Gasteiger partial charge in [0.15, 0.2) is 0 Å². The van der Waals surface area contributed by atoms with Crippen molar-refractivity contribution in [2.24, 2.45) is 0 Å². The molecule has 1 N–H and O–H groups in total. The van der Waals surface area contributed by atoms with E-state index in [1.807, 2.05) is 19.9 Å². The van der Waals surface area contributed by atoms with Crippen molar-refractivity contribution in [1.82, 2.24) is 4.98 Å². The molecule has 1 heterocycles. The molecule has 0 spiro atoms. The molecule has 0 saturated heterocycles. The summed E-state index contributed by atoms with van der Waals surface area (Å²) in [5, 5.41) is 10.2. The number of rotatable bonds is 4. The second-order valence-corrected chi connectivity index (χ2v) is 4.45. The summed E-state index contributed by atoms with van der Waals surface area (Å²) in [5.41, 5.74) is 1.78. The highest BCUT2D eigenvalue weighted by Gasteiger charge is 2.22. The molecule has 4 nitrogen and oxygen atoms in total. The third-order valence-electron chi connectivity index (χ3n) is 3.15. The molecule has 0 aliphatic heterocycles. The van der Waals surface area contributed by atoms with Gasteiger partial charge in [-0.15, -0.1) is 0 Å². The Balaban J connectivity index is 2.43. The number of aliphatic hydroxyl groups is 1. The molecule has 0 fully saturated rings. The van der Waals surface area contributed by atoms with E-state index in [9.17, 15) is 5.11 Å². The second kappa shape index (κ2) is 6.05. The largest absolute Gasteiger partial charge is 0.493 e. The maximum Gasteiger partial charge on any atom is 0.217 e. The van der Waals surface area contributed by atoms with E-state index in [1.165, 1.54) is 0 Å². The highest BCUT2D eigenvalue weighted by Crippen LogP contribution is 2.35. The van der Waals surface area contributed by atoms with Gasteiger partial charge in [-0.05, 0) is 33.1 Å².